The van der Waals surface area contributed by atoms with Crippen molar-refractivity contribution in [2.24, 2.45) is 0 Å². The number of nitrogens with one attached hydrogen (secondary N) is 1. The molecule has 0 atom stereocenters. The van der Waals surface area contributed by atoms with Gasteiger partial charge in [-0.25, -0.2) is 4.98 Å². The molecule has 0 aliphatic carbocycles. The summed E-state index contributed by atoms with van der Waals surface area (Å²) < 4.78 is 5.30. The number of nitrogens with zero attached hydrogens (tertiary/aromatic N) is 2. The molecule has 2 N–H and O–H groups in total. The minimum Gasteiger partial charge on any atom is -0.508 e. The molecule has 0 amide bonds. The quantitative estimate of drug-likeness (QED) is 0.773. The Labute approximate surface area is 122 Å². The van der Waals surface area contributed by atoms with E-state index in [1.165, 1.54) is 0 Å². The number of benzene rings is 1. The lowest BCUT2D eigenvalue weighted by Gasteiger charge is -2.06. The number of methoxy groups -OCH3 is 1. The van der Waals surface area contributed by atoms with Gasteiger partial charge in [-0.3, -0.25) is 4.98 Å². The van der Waals surface area contributed by atoms with Crippen LogP contribution in [-0.4, -0.2) is 27.2 Å². The van der Waals surface area contributed by atoms with Crippen molar-refractivity contribution in [3.63, 3.8) is 0 Å². The maximum absolute atomic E-state index is 9.53. The van der Waals surface area contributed by atoms with E-state index in [1.54, 1.807) is 37.7 Å². The molecule has 0 aliphatic heterocycles. The van der Waals surface area contributed by atoms with Crippen LogP contribution in [0.1, 0.15) is 5.69 Å². The summed E-state index contributed by atoms with van der Waals surface area (Å²) in [5.74, 6) is 1.43. The lowest BCUT2D eigenvalue weighted by Crippen LogP contribution is -1.89. The molecule has 3 rings (SSSR count). The van der Waals surface area contributed by atoms with Gasteiger partial charge in [0.05, 0.1) is 24.1 Å². The molecular weight excluding hydrogens is 266 g/mol. The maximum Gasteiger partial charge on any atom is 0.141 e. The maximum atomic E-state index is 9.53. The average Bonchev–Trinajstić information content (AvgIpc) is 2.89. The first-order valence-corrected chi connectivity index (χ1v) is 6.53. The lowest BCUT2D eigenvalue weighted by atomic mass is 10.2. The Morgan fingerprint density at radius 3 is 2.81 bits per heavy atom. The Morgan fingerprint density at radius 1 is 1.24 bits per heavy atom. The Balaban J connectivity index is 2.10. The summed E-state index contributed by atoms with van der Waals surface area (Å²) >= 11 is 0. The van der Waals surface area contributed by atoms with Crippen molar-refractivity contribution in [2.45, 2.75) is 6.92 Å². The van der Waals surface area contributed by atoms with Crippen LogP contribution in [0.5, 0.6) is 11.5 Å². The number of aromatic nitrogens is 3. The molecule has 0 fully saturated rings. The van der Waals surface area contributed by atoms with Gasteiger partial charge in [0.1, 0.15) is 17.3 Å². The van der Waals surface area contributed by atoms with Crippen LogP contribution >= 0.6 is 0 Å². The number of hydrogen-bond acceptors (Lipinski definition) is 4. The predicted octanol–water partition coefficient (Wildman–Crippen LogP) is 3.16. The summed E-state index contributed by atoms with van der Waals surface area (Å²) in [5.41, 5.74) is 3.58. The molecule has 0 radical (unpaired) electrons. The van der Waals surface area contributed by atoms with Crippen molar-refractivity contribution in [3.05, 3.63) is 48.4 Å². The third kappa shape index (κ3) is 2.45. The fourth-order valence-electron chi connectivity index (χ4n) is 2.26. The van der Waals surface area contributed by atoms with E-state index in [2.05, 4.69) is 15.0 Å². The van der Waals surface area contributed by atoms with Crippen LogP contribution in [0.25, 0.3) is 22.6 Å². The number of aromatic amines is 1. The van der Waals surface area contributed by atoms with Crippen molar-refractivity contribution in [3.8, 4) is 34.1 Å². The molecule has 21 heavy (non-hydrogen) atoms. The number of aryl methyl sites for hydroxylation is 1. The fraction of sp³-hybridized carbons (Fsp3) is 0.125. The third-order valence-electron chi connectivity index (χ3n) is 3.28. The molecule has 106 valence electrons. The number of ether oxygens (including phenoxy) is 1. The molecule has 2 aromatic heterocycles. The fourth-order valence-corrected chi connectivity index (χ4v) is 2.26. The number of aromatic hydroxyl groups is 1. The highest BCUT2D eigenvalue weighted by molar-refractivity contribution is 5.71. The molecule has 3 aromatic rings. The molecular formula is C16H15N3O2. The summed E-state index contributed by atoms with van der Waals surface area (Å²) in [4.78, 5) is 12.0. The number of pyridine rings is 1. The van der Waals surface area contributed by atoms with Gasteiger partial charge in [0, 0.05) is 24.0 Å². The number of hydrogen-bond donors (Lipinski definition) is 2. The number of rotatable bonds is 3. The van der Waals surface area contributed by atoms with E-state index in [4.69, 9.17) is 4.74 Å². The van der Waals surface area contributed by atoms with Crippen LogP contribution in [0.15, 0.2) is 42.7 Å². The van der Waals surface area contributed by atoms with Crippen LogP contribution in [0.4, 0.5) is 0 Å². The summed E-state index contributed by atoms with van der Waals surface area (Å²) in [6.07, 6.45) is 3.53. The van der Waals surface area contributed by atoms with Crippen molar-refractivity contribution in [2.75, 3.05) is 7.11 Å². The zero-order chi connectivity index (χ0) is 14.8. The zero-order valence-corrected chi connectivity index (χ0v) is 11.8. The Kier molecular flexibility index (Phi) is 3.31. The number of phenols is 1. The van der Waals surface area contributed by atoms with Gasteiger partial charge in [0.25, 0.3) is 0 Å². The van der Waals surface area contributed by atoms with Gasteiger partial charge in [-0.1, -0.05) is 0 Å². The number of imidazole rings is 1. The molecule has 0 saturated heterocycles. The topological polar surface area (TPSA) is 71.0 Å². The first-order chi connectivity index (χ1) is 10.2. The summed E-state index contributed by atoms with van der Waals surface area (Å²) in [7, 11) is 1.57. The van der Waals surface area contributed by atoms with E-state index in [0.29, 0.717) is 11.6 Å². The van der Waals surface area contributed by atoms with Crippen LogP contribution in [0, 0.1) is 6.92 Å². The van der Waals surface area contributed by atoms with E-state index in [-0.39, 0.29) is 5.75 Å². The van der Waals surface area contributed by atoms with Gasteiger partial charge in [-0.05, 0) is 31.2 Å². The molecule has 0 saturated carbocycles. The SMILES string of the molecule is COc1cc(O)ccc1-c1nc(C)c(-c2cccnc2)[nH]1. The Hall–Kier alpha value is -2.82. The van der Waals surface area contributed by atoms with E-state index in [0.717, 1.165) is 22.5 Å². The van der Waals surface area contributed by atoms with Crippen molar-refractivity contribution in [1.29, 1.82) is 0 Å². The molecule has 0 spiro atoms. The monoisotopic (exact) mass is 281 g/mol. The van der Waals surface area contributed by atoms with Crippen LogP contribution < -0.4 is 4.74 Å². The van der Waals surface area contributed by atoms with Crippen LogP contribution in [0.3, 0.4) is 0 Å². The molecule has 0 unspecified atom stereocenters. The van der Waals surface area contributed by atoms with Crippen LogP contribution in [0.2, 0.25) is 0 Å². The largest absolute Gasteiger partial charge is 0.508 e. The van der Waals surface area contributed by atoms with E-state index >= 15 is 0 Å². The van der Waals surface area contributed by atoms with Gasteiger partial charge in [0.15, 0.2) is 0 Å². The van der Waals surface area contributed by atoms with Gasteiger partial charge in [-0.2, -0.15) is 0 Å². The molecule has 1 aromatic carbocycles. The smallest absolute Gasteiger partial charge is 0.141 e. The molecule has 5 heteroatoms. The summed E-state index contributed by atoms with van der Waals surface area (Å²) in [6, 6.07) is 8.82. The molecule has 0 bridgehead atoms. The minimum atomic E-state index is 0.159. The number of H-pyrrole nitrogens is 1. The third-order valence-corrected chi connectivity index (χ3v) is 3.28. The molecule has 2 heterocycles. The lowest BCUT2D eigenvalue weighted by molar-refractivity contribution is 0.409. The van der Waals surface area contributed by atoms with Gasteiger partial charge < -0.3 is 14.8 Å². The van der Waals surface area contributed by atoms with Crippen LogP contribution in [-0.2, 0) is 0 Å². The summed E-state index contributed by atoms with van der Waals surface area (Å²) in [5, 5.41) is 9.53. The standard InChI is InChI=1S/C16H15N3O2/c1-10-15(11-4-3-7-17-9-11)19-16(18-10)13-6-5-12(20)8-14(13)21-2/h3-9,20H,1-2H3,(H,18,19). The van der Waals surface area contributed by atoms with Crippen molar-refractivity contribution < 1.29 is 9.84 Å². The first kappa shape index (κ1) is 13.2. The average molecular weight is 281 g/mol. The number of phenolic OH excluding ortho intramolecular Hbond substituents is 1. The van der Waals surface area contributed by atoms with Crippen molar-refractivity contribution >= 4 is 0 Å². The van der Waals surface area contributed by atoms with Gasteiger partial charge >= 0.3 is 0 Å². The highest BCUT2D eigenvalue weighted by atomic mass is 16.5. The second-order valence-corrected chi connectivity index (χ2v) is 4.67. The summed E-state index contributed by atoms with van der Waals surface area (Å²) in [6.45, 7) is 1.94. The normalized spacial score (nSPS) is 10.6. The minimum absolute atomic E-state index is 0.159. The highest BCUT2D eigenvalue weighted by Gasteiger charge is 2.14. The first-order valence-electron chi connectivity index (χ1n) is 6.53. The molecule has 0 aliphatic rings. The Bertz CT molecular complexity index is 766. The second kappa shape index (κ2) is 5.28. The van der Waals surface area contributed by atoms with Crippen molar-refractivity contribution in [1.82, 2.24) is 15.0 Å². The highest BCUT2D eigenvalue weighted by Crippen LogP contribution is 2.33. The van der Waals surface area contributed by atoms with E-state index in [9.17, 15) is 5.11 Å². The Morgan fingerprint density at radius 2 is 2.10 bits per heavy atom. The van der Waals surface area contributed by atoms with Gasteiger partial charge in [0.2, 0.25) is 0 Å². The van der Waals surface area contributed by atoms with E-state index in [1.807, 2.05) is 19.1 Å². The van der Waals surface area contributed by atoms with Gasteiger partial charge in [-0.15, -0.1) is 0 Å². The zero-order valence-electron chi connectivity index (χ0n) is 11.8. The molecule has 5 nitrogen and oxygen atoms in total. The van der Waals surface area contributed by atoms with E-state index < -0.39 is 0 Å². The second-order valence-electron chi connectivity index (χ2n) is 4.67. The predicted molar refractivity (Wildman–Crippen MR) is 80.2 cm³/mol.